The number of piperidine rings is 1. The maximum absolute atomic E-state index is 12.8. The Bertz CT molecular complexity index is 1650. The van der Waals surface area contributed by atoms with Gasteiger partial charge in [-0.15, -0.1) is 0 Å². The summed E-state index contributed by atoms with van der Waals surface area (Å²) in [5.41, 5.74) is 2.06. The molecule has 5 aromatic rings. The maximum atomic E-state index is 12.8. The van der Waals surface area contributed by atoms with Gasteiger partial charge >= 0.3 is 0 Å². The van der Waals surface area contributed by atoms with Crippen LogP contribution >= 0.6 is 0 Å². The van der Waals surface area contributed by atoms with E-state index in [0.717, 1.165) is 18.4 Å². The van der Waals surface area contributed by atoms with Crippen molar-refractivity contribution >= 4 is 34.5 Å². The highest BCUT2D eigenvalue weighted by Gasteiger charge is 2.27. The number of aryl methyl sites for hydroxylation is 1. The van der Waals surface area contributed by atoms with E-state index in [1.165, 1.54) is 0 Å². The van der Waals surface area contributed by atoms with Crippen molar-refractivity contribution < 1.29 is 14.3 Å². The third-order valence-corrected chi connectivity index (χ3v) is 6.67. The van der Waals surface area contributed by atoms with Gasteiger partial charge in [-0.2, -0.15) is 5.10 Å². The lowest BCUT2D eigenvalue weighted by atomic mass is 10.1. The predicted octanol–water partition coefficient (Wildman–Crippen LogP) is 4.15. The number of amides is 2. The molecule has 0 unspecified atom stereocenters. The number of likely N-dealkylation sites (tertiary alicyclic amines) is 1. The molecule has 1 fully saturated rings. The lowest BCUT2D eigenvalue weighted by Gasteiger charge is -2.32. The molecule has 1 aromatic carbocycles. The van der Waals surface area contributed by atoms with Crippen molar-refractivity contribution in [3.05, 3.63) is 84.2 Å². The zero-order valence-electron chi connectivity index (χ0n) is 21.7. The topological polar surface area (TPSA) is 154 Å². The fourth-order valence-electron chi connectivity index (χ4n) is 4.71. The molecule has 202 valence electrons. The third-order valence-electron chi connectivity index (χ3n) is 6.67. The number of benzene rings is 1. The van der Waals surface area contributed by atoms with Crippen molar-refractivity contribution in [2.24, 2.45) is 0 Å². The van der Waals surface area contributed by atoms with Gasteiger partial charge in [0.15, 0.2) is 17.3 Å². The third kappa shape index (κ3) is 5.32. The minimum absolute atomic E-state index is 0.00657. The molecule has 1 aliphatic heterocycles. The number of nitrogens with zero attached hydrogens (tertiary/aromatic N) is 5. The van der Waals surface area contributed by atoms with Gasteiger partial charge in [0.1, 0.15) is 22.7 Å². The molecule has 1 atom stereocenters. The van der Waals surface area contributed by atoms with Crippen molar-refractivity contribution in [2.75, 3.05) is 23.7 Å². The second kappa shape index (κ2) is 10.8. The largest absolute Gasteiger partial charge is 0.456 e. The Balaban J connectivity index is 1.16. The lowest BCUT2D eigenvalue weighted by Crippen LogP contribution is -2.45. The molecule has 0 radical (unpaired) electrons. The van der Waals surface area contributed by atoms with Crippen LogP contribution in [0.15, 0.2) is 67.3 Å². The Morgan fingerprint density at radius 1 is 1.05 bits per heavy atom. The van der Waals surface area contributed by atoms with Gasteiger partial charge in [0.25, 0.3) is 11.8 Å². The number of carbonyl (C=O) groups excluding carboxylic acids is 2. The molecule has 4 aromatic heterocycles. The summed E-state index contributed by atoms with van der Waals surface area (Å²) in [7, 11) is 0. The number of ether oxygens (including phenoxy) is 1. The van der Waals surface area contributed by atoms with E-state index < -0.39 is 0 Å². The average molecular weight is 538 g/mol. The van der Waals surface area contributed by atoms with Gasteiger partial charge in [-0.05, 0) is 61.7 Å². The molecule has 5 heterocycles. The van der Waals surface area contributed by atoms with Gasteiger partial charge in [-0.1, -0.05) is 0 Å². The number of H-pyrrole nitrogens is 2. The van der Waals surface area contributed by atoms with Crippen LogP contribution in [0.1, 0.15) is 39.4 Å². The van der Waals surface area contributed by atoms with E-state index in [2.05, 4.69) is 40.8 Å². The van der Waals surface area contributed by atoms with E-state index in [0.29, 0.717) is 58.6 Å². The first kappa shape index (κ1) is 25.0. The van der Waals surface area contributed by atoms with E-state index in [1.807, 2.05) is 19.1 Å². The summed E-state index contributed by atoms with van der Waals surface area (Å²) < 4.78 is 6.20. The van der Waals surface area contributed by atoms with Crippen molar-refractivity contribution in [1.82, 2.24) is 35.0 Å². The van der Waals surface area contributed by atoms with E-state index in [4.69, 9.17) is 4.74 Å². The normalized spacial score (nSPS) is 15.1. The van der Waals surface area contributed by atoms with Crippen LogP contribution in [0.4, 0.5) is 11.6 Å². The molecule has 12 heteroatoms. The number of carbonyl (C=O) groups is 2. The molecule has 1 aliphatic rings. The first-order valence-corrected chi connectivity index (χ1v) is 12.9. The summed E-state index contributed by atoms with van der Waals surface area (Å²) in [5, 5.41) is 14.4. The molecule has 4 N–H and O–H groups in total. The highest BCUT2D eigenvalue weighted by atomic mass is 16.5. The van der Waals surface area contributed by atoms with E-state index in [9.17, 15) is 9.59 Å². The first-order chi connectivity index (χ1) is 19.5. The number of pyridine rings is 2. The summed E-state index contributed by atoms with van der Waals surface area (Å²) in [4.78, 5) is 42.7. The number of aromatic amines is 2. The standard InChI is InChI=1S/C28H27N9O3/c1-17-8-10-29-22(15-17)34-27(38)18-4-6-20(7-5-18)40-21-9-11-30-24-23(21)25(36-35-24)33-19-3-2-14-37(16-19)28(39)26-31-12-13-32-26/h4-13,15,19H,2-3,14,16H2,1H3,(H,31,32)(H,29,34,38)(H2,30,33,35,36)/t19-/m1/s1. The number of hydrogen-bond donors (Lipinski definition) is 4. The summed E-state index contributed by atoms with van der Waals surface area (Å²) in [6.45, 7) is 3.13. The van der Waals surface area contributed by atoms with Gasteiger partial charge in [-0.3, -0.25) is 14.7 Å². The quantitative estimate of drug-likeness (QED) is 0.242. The van der Waals surface area contributed by atoms with Gasteiger partial charge in [0.05, 0.1) is 0 Å². The van der Waals surface area contributed by atoms with Crippen LogP contribution in [0.2, 0.25) is 0 Å². The number of imidazole rings is 1. The molecule has 12 nitrogen and oxygen atoms in total. The zero-order valence-corrected chi connectivity index (χ0v) is 21.7. The van der Waals surface area contributed by atoms with Gasteiger partial charge in [0, 0.05) is 55.5 Å². The highest BCUT2D eigenvalue weighted by molar-refractivity contribution is 6.03. The number of fused-ring (bicyclic) bond motifs is 1. The van der Waals surface area contributed by atoms with Gasteiger partial charge in [0.2, 0.25) is 0 Å². The Kier molecular flexibility index (Phi) is 6.79. The van der Waals surface area contributed by atoms with Crippen LogP contribution in [0.5, 0.6) is 11.5 Å². The van der Waals surface area contributed by atoms with Crippen molar-refractivity contribution in [3.63, 3.8) is 0 Å². The fourth-order valence-corrected chi connectivity index (χ4v) is 4.71. The zero-order chi connectivity index (χ0) is 27.5. The Labute approximate surface area is 229 Å². The van der Waals surface area contributed by atoms with Crippen LogP contribution in [0.3, 0.4) is 0 Å². The second-order valence-corrected chi connectivity index (χ2v) is 9.58. The smallest absolute Gasteiger partial charge is 0.289 e. The van der Waals surface area contributed by atoms with E-state index in [1.54, 1.807) is 60.0 Å². The lowest BCUT2D eigenvalue weighted by molar-refractivity contribution is 0.0703. The number of rotatable bonds is 7. The number of nitrogens with one attached hydrogen (secondary N) is 4. The Morgan fingerprint density at radius 2 is 1.90 bits per heavy atom. The van der Waals surface area contributed by atoms with Gasteiger partial charge < -0.3 is 25.3 Å². The number of aromatic nitrogens is 6. The summed E-state index contributed by atoms with van der Waals surface area (Å²) in [5.74, 6) is 2.15. The van der Waals surface area contributed by atoms with Crippen LogP contribution in [-0.4, -0.2) is 66.0 Å². The summed E-state index contributed by atoms with van der Waals surface area (Å²) in [6, 6.07) is 12.3. The number of hydrogen-bond acceptors (Lipinski definition) is 8. The monoisotopic (exact) mass is 537 g/mol. The van der Waals surface area contributed by atoms with Crippen LogP contribution in [0.25, 0.3) is 11.0 Å². The molecular formula is C28H27N9O3. The summed E-state index contributed by atoms with van der Waals surface area (Å²) in [6.07, 6.45) is 8.25. The minimum atomic E-state index is -0.260. The highest BCUT2D eigenvalue weighted by Crippen LogP contribution is 2.33. The Morgan fingerprint density at radius 3 is 2.70 bits per heavy atom. The average Bonchev–Trinajstić information content (AvgIpc) is 3.65. The first-order valence-electron chi connectivity index (χ1n) is 12.9. The van der Waals surface area contributed by atoms with Crippen LogP contribution in [-0.2, 0) is 0 Å². The summed E-state index contributed by atoms with van der Waals surface area (Å²) >= 11 is 0. The molecule has 0 bridgehead atoms. The maximum Gasteiger partial charge on any atom is 0.289 e. The molecule has 0 spiro atoms. The van der Waals surface area contributed by atoms with Crippen molar-refractivity contribution in [3.8, 4) is 11.5 Å². The Hall–Kier alpha value is -5.26. The van der Waals surface area contributed by atoms with Crippen LogP contribution in [0, 0.1) is 6.92 Å². The van der Waals surface area contributed by atoms with E-state index in [-0.39, 0.29) is 17.9 Å². The molecular weight excluding hydrogens is 510 g/mol. The fraction of sp³-hybridized carbons (Fsp3) is 0.214. The van der Waals surface area contributed by atoms with Crippen molar-refractivity contribution in [2.45, 2.75) is 25.8 Å². The SMILES string of the molecule is Cc1ccnc(NC(=O)c2ccc(Oc3ccnc4[nH]nc(N[C@@H]5CCCN(C(=O)c6ncc[nH]6)C5)c34)cc2)c1. The molecule has 0 saturated carbocycles. The molecule has 6 rings (SSSR count). The second-order valence-electron chi connectivity index (χ2n) is 9.58. The van der Waals surface area contributed by atoms with Crippen LogP contribution < -0.4 is 15.4 Å². The number of anilines is 2. The van der Waals surface area contributed by atoms with E-state index >= 15 is 0 Å². The molecule has 40 heavy (non-hydrogen) atoms. The molecule has 2 amide bonds. The molecule has 1 saturated heterocycles. The minimum Gasteiger partial charge on any atom is -0.456 e. The predicted molar refractivity (Wildman–Crippen MR) is 148 cm³/mol. The van der Waals surface area contributed by atoms with Gasteiger partial charge in [-0.25, -0.2) is 15.0 Å². The van der Waals surface area contributed by atoms with Crippen molar-refractivity contribution in [1.29, 1.82) is 0 Å². The molecule has 0 aliphatic carbocycles.